The number of benzene rings is 1. The molecule has 2 amide bonds. The molecule has 1 aliphatic heterocycles. The number of rotatable bonds is 7. The van der Waals surface area contributed by atoms with Crippen molar-refractivity contribution < 1.29 is 19.8 Å². The van der Waals surface area contributed by atoms with Gasteiger partial charge >= 0.3 is 0 Å². The number of aromatic nitrogens is 4. The van der Waals surface area contributed by atoms with E-state index in [1.54, 1.807) is 46.2 Å². The molecule has 1 fully saturated rings. The molecule has 3 aromatic rings. The Morgan fingerprint density at radius 2 is 1.85 bits per heavy atom. The highest BCUT2D eigenvalue weighted by molar-refractivity contribution is 5.96. The van der Waals surface area contributed by atoms with Crippen LogP contribution in [0.15, 0.2) is 54.9 Å². The van der Waals surface area contributed by atoms with Crippen molar-refractivity contribution in [2.45, 2.75) is 37.5 Å². The van der Waals surface area contributed by atoms with E-state index >= 15 is 0 Å². The number of likely N-dealkylation sites (tertiary alicyclic amines) is 1. The summed E-state index contributed by atoms with van der Waals surface area (Å²) in [6.07, 6.45) is 3.07. The van der Waals surface area contributed by atoms with E-state index in [0.717, 1.165) is 5.56 Å². The molecule has 0 saturated carbocycles. The molecule has 0 bridgehead atoms. The van der Waals surface area contributed by atoms with Crippen molar-refractivity contribution >= 4 is 11.8 Å². The molecule has 4 rings (SSSR count). The molecule has 1 aliphatic rings. The van der Waals surface area contributed by atoms with Gasteiger partial charge in [0.25, 0.3) is 5.91 Å². The molecule has 10 heteroatoms. The lowest BCUT2D eigenvalue weighted by atomic mass is 9.90. The highest BCUT2D eigenvalue weighted by atomic mass is 16.3. The molecule has 2 aromatic heterocycles. The van der Waals surface area contributed by atoms with E-state index in [4.69, 9.17) is 5.73 Å². The van der Waals surface area contributed by atoms with Crippen LogP contribution in [-0.4, -0.2) is 65.6 Å². The summed E-state index contributed by atoms with van der Waals surface area (Å²) in [6, 6.07) is 12.6. The normalized spacial score (nSPS) is 16.4. The second-order valence-electron chi connectivity index (χ2n) is 8.23. The zero-order chi connectivity index (χ0) is 23.4. The Hall–Kier alpha value is -3.63. The summed E-state index contributed by atoms with van der Waals surface area (Å²) < 4.78 is 1.62. The van der Waals surface area contributed by atoms with Gasteiger partial charge in [0.05, 0.1) is 17.9 Å². The van der Waals surface area contributed by atoms with Crippen LogP contribution in [0.1, 0.15) is 46.3 Å². The predicted molar refractivity (Wildman–Crippen MR) is 118 cm³/mol. The minimum atomic E-state index is -1.56. The number of primary amides is 1. The van der Waals surface area contributed by atoms with Crippen LogP contribution in [0.4, 0.5) is 0 Å². The lowest BCUT2D eigenvalue weighted by molar-refractivity contribution is -0.140. The number of aliphatic hydroxyl groups is 2. The Labute approximate surface area is 190 Å². The standard InChI is InChI=1S/C23H26N6O4/c24-22(32)23(33)8-11-28(12-9-23)21(31)18-6-2-1-5-16(18)14-29-15-17(26-27-29)13-20(30)19-7-3-4-10-25-19/h1-7,10,15,20,30,33H,8-9,11-14H2,(H2,24,32). The maximum absolute atomic E-state index is 13.1. The first kappa shape index (κ1) is 22.6. The highest BCUT2D eigenvalue weighted by Gasteiger charge is 2.39. The lowest BCUT2D eigenvalue weighted by Crippen LogP contribution is -2.53. The number of nitrogens with two attached hydrogens (primary N) is 1. The number of carbonyl (C=O) groups is 2. The van der Waals surface area contributed by atoms with E-state index in [9.17, 15) is 19.8 Å². The third kappa shape index (κ3) is 5.07. The molecule has 33 heavy (non-hydrogen) atoms. The molecule has 3 heterocycles. The zero-order valence-corrected chi connectivity index (χ0v) is 18.0. The van der Waals surface area contributed by atoms with Gasteiger partial charge < -0.3 is 20.8 Å². The van der Waals surface area contributed by atoms with Gasteiger partial charge in [-0.1, -0.05) is 29.5 Å². The number of hydrogen-bond acceptors (Lipinski definition) is 7. The first-order chi connectivity index (χ1) is 15.9. The average molecular weight is 450 g/mol. The molecule has 1 unspecified atom stereocenters. The van der Waals surface area contributed by atoms with Gasteiger partial charge in [-0.05, 0) is 23.8 Å². The van der Waals surface area contributed by atoms with E-state index in [1.807, 2.05) is 18.2 Å². The topological polar surface area (TPSA) is 147 Å². The van der Waals surface area contributed by atoms with E-state index in [-0.39, 0.29) is 38.3 Å². The van der Waals surface area contributed by atoms with E-state index in [2.05, 4.69) is 15.3 Å². The molecular formula is C23H26N6O4. The first-order valence-electron chi connectivity index (χ1n) is 10.7. The maximum Gasteiger partial charge on any atom is 0.254 e. The summed E-state index contributed by atoms with van der Waals surface area (Å²) in [4.78, 5) is 30.4. The minimum Gasteiger partial charge on any atom is -0.386 e. The third-order valence-electron chi connectivity index (χ3n) is 5.93. The van der Waals surface area contributed by atoms with Gasteiger partial charge in [-0.15, -0.1) is 5.10 Å². The Bertz CT molecular complexity index is 1120. The van der Waals surface area contributed by atoms with Gasteiger partial charge in [0.1, 0.15) is 11.7 Å². The van der Waals surface area contributed by atoms with Crippen molar-refractivity contribution in [3.05, 3.63) is 77.4 Å². The molecular weight excluding hydrogens is 424 g/mol. The number of aliphatic hydroxyl groups excluding tert-OH is 1. The van der Waals surface area contributed by atoms with Crippen LogP contribution in [0.2, 0.25) is 0 Å². The van der Waals surface area contributed by atoms with Crippen LogP contribution in [0.25, 0.3) is 0 Å². The third-order valence-corrected chi connectivity index (χ3v) is 5.93. The van der Waals surface area contributed by atoms with E-state index in [0.29, 0.717) is 23.5 Å². The fourth-order valence-corrected chi connectivity index (χ4v) is 3.92. The number of carbonyl (C=O) groups excluding carboxylic acids is 2. The molecule has 172 valence electrons. The van der Waals surface area contributed by atoms with Crippen LogP contribution in [-0.2, 0) is 17.8 Å². The number of hydrogen-bond donors (Lipinski definition) is 3. The van der Waals surface area contributed by atoms with Gasteiger partial charge in [0.15, 0.2) is 0 Å². The molecule has 0 radical (unpaired) electrons. The van der Waals surface area contributed by atoms with Gasteiger partial charge in [-0.2, -0.15) is 0 Å². The fraction of sp³-hybridized carbons (Fsp3) is 0.348. The second-order valence-corrected chi connectivity index (χ2v) is 8.23. The summed E-state index contributed by atoms with van der Waals surface area (Å²) >= 11 is 0. The summed E-state index contributed by atoms with van der Waals surface area (Å²) in [5.41, 5.74) is 6.18. The van der Waals surface area contributed by atoms with Crippen molar-refractivity contribution in [2.75, 3.05) is 13.1 Å². The molecule has 0 spiro atoms. The zero-order valence-electron chi connectivity index (χ0n) is 18.0. The van der Waals surface area contributed by atoms with Crippen molar-refractivity contribution in [1.29, 1.82) is 0 Å². The fourth-order valence-electron chi connectivity index (χ4n) is 3.92. The monoisotopic (exact) mass is 450 g/mol. The smallest absolute Gasteiger partial charge is 0.254 e. The van der Waals surface area contributed by atoms with Crippen LogP contribution >= 0.6 is 0 Å². The van der Waals surface area contributed by atoms with Crippen LogP contribution in [0.3, 0.4) is 0 Å². The molecule has 4 N–H and O–H groups in total. The Kier molecular flexibility index (Phi) is 6.47. The first-order valence-corrected chi connectivity index (χ1v) is 10.7. The summed E-state index contributed by atoms with van der Waals surface area (Å²) in [6.45, 7) is 0.810. The summed E-state index contributed by atoms with van der Waals surface area (Å²) in [5, 5.41) is 28.9. The van der Waals surface area contributed by atoms with Gasteiger partial charge in [-0.25, -0.2) is 4.68 Å². The molecule has 10 nitrogen and oxygen atoms in total. The number of nitrogens with zero attached hydrogens (tertiary/aromatic N) is 5. The van der Waals surface area contributed by atoms with Crippen LogP contribution in [0, 0.1) is 0 Å². The number of pyridine rings is 1. The minimum absolute atomic E-state index is 0.112. The molecule has 1 aromatic carbocycles. The Morgan fingerprint density at radius 1 is 1.12 bits per heavy atom. The SMILES string of the molecule is NC(=O)C1(O)CCN(C(=O)c2ccccc2Cn2cc(CC(O)c3ccccn3)nn2)CC1. The number of amides is 2. The van der Waals surface area contributed by atoms with Crippen molar-refractivity contribution in [3.63, 3.8) is 0 Å². The Balaban J connectivity index is 1.43. The molecule has 0 aliphatic carbocycles. The van der Waals surface area contributed by atoms with Crippen molar-refractivity contribution in [2.24, 2.45) is 5.73 Å². The largest absolute Gasteiger partial charge is 0.386 e. The summed E-state index contributed by atoms with van der Waals surface area (Å²) in [5.74, 6) is -0.937. The quantitative estimate of drug-likeness (QED) is 0.473. The van der Waals surface area contributed by atoms with E-state index in [1.165, 1.54) is 0 Å². The predicted octanol–water partition coefficient (Wildman–Crippen LogP) is 0.450. The van der Waals surface area contributed by atoms with Gasteiger partial charge in [0, 0.05) is 50.3 Å². The molecule has 1 atom stereocenters. The molecule has 1 saturated heterocycles. The second kappa shape index (κ2) is 9.47. The average Bonchev–Trinajstić information content (AvgIpc) is 3.26. The van der Waals surface area contributed by atoms with Crippen LogP contribution < -0.4 is 5.73 Å². The van der Waals surface area contributed by atoms with Crippen LogP contribution in [0.5, 0.6) is 0 Å². The van der Waals surface area contributed by atoms with Crippen molar-refractivity contribution in [3.8, 4) is 0 Å². The number of piperidine rings is 1. The van der Waals surface area contributed by atoms with Gasteiger partial charge in [0.2, 0.25) is 5.91 Å². The van der Waals surface area contributed by atoms with Crippen molar-refractivity contribution in [1.82, 2.24) is 24.9 Å². The Morgan fingerprint density at radius 3 is 2.55 bits per heavy atom. The lowest BCUT2D eigenvalue weighted by Gasteiger charge is -2.36. The maximum atomic E-state index is 13.1. The van der Waals surface area contributed by atoms with Gasteiger partial charge in [-0.3, -0.25) is 14.6 Å². The summed E-state index contributed by atoms with van der Waals surface area (Å²) in [7, 11) is 0. The highest BCUT2D eigenvalue weighted by Crippen LogP contribution is 2.24. The van der Waals surface area contributed by atoms with E-state index < -0.39 is 17.6 Å².